The fourth-order valence-electron chi connectivity index (χ4n) is 2.79. The summed E-state index contributed by atoms with van der Waals surface area (Å²) < 4.78 is 0. The third kappa shape index (κ3) is 2.45. The second kappa shape index (κ2) is 4.98. The van der Waals surface area contributed by atoms with Crippen LogP contribution in [0.4, 0.5) is 0 Å². The summed E-state index contributed by atoms with van der Waals surface area (Å²) in [6.45, 7) is 0. The van der Waals surface area contributed by atoms with Crippen LogP contribution in [0.2, 0.25) is 0 Å². The molecule has 0 bridgehead atoms. The Balaban J connectivity index is 2.09. The Morgan fingerprint density at radius 2 is 1.81 bits per heavy atom. The van der Waals surface area contributed by atoms with Crippen LogP contribution in [0.1, 0.15) is 30.7 Å². The van der Waals surface area contributed by atoms with Gasteiger partial charge in [-0.1, -0.05) is 30.3 Å². The number of hydrogen-bond acceptors (Lipinski definition) is 2. The molecule has 1 aliphatic rings. The van der Waals surface area contributed by atoms with Gasteiger partial charge >= 0.3 is 0 Å². The maximum absolute atomic E-state index is 6.18. The highest BCUT2D eigenvalue weighted by atomic mass is 15.1. The van der Waals surface area contributed by atoms with Gasteiger partial charge in [0.15, 0.2) is 0 Å². The highest BCUT2D eigenvalue weighted by molar-refractivity contribution is 5.20. The zero-order valence-electron chi connectivity index (χ0n) is 10.3. The van der Waals surface area contributed by atoms with E-state index >= 15 is 0 Å². The molecule has 3 unspecified atom stereocenters. The Morgan fingerprint density at radius 3 is 2.44 bits per heavy atom. The van der Waals surface area contributed by atoms with Gasteiger partial charge in [0.05, 0.1) is 0 Å². The fraction of sp³-hybridized carbons (Fsp3) is 0.571. The van der Waals surface area contributed by atoms with Crippen molar-refractivity contribution in [3.63, 3.8) is 0 Å². The topological polar surface area (TPSA) is 29.3 Å². The first kappa shape index (κ1) is 11.6. The Hall–Kier alpha value is -0.860. The molecule has 88 valence electrons. The largest absolute Gasteiger partial charge is 0.326 e. The van der Waals surface area contributed by atoms with E-state index in [9.17, 15) is 0 Å². The molecule has 0 radical (unpaired) electrons. The summed E-state index contributed by atoms with van der Waals surface area (Å²) in [5.74, 6) is 0.688. The summed E-state index contributed by atoms with van der Waals surface area (Å²) in [6.07, 6.45) is 3.57. The molecule has 2 nitrogen and oxygen atoms in total. The lowest BCUT2D eigenvalue weighted by molar-refractivity contribution is 0.186. The van der Waals surface area contributed by atoms with Crippen molar-refractivity contribution in [1.82, 2.24) is 4.90 Å². The van der Waals surface area contributed by atoms with E-state index in [0.29, 0.717) is 18.0 Å². The molecule has 1 fully saturated rings. The van der Waals surface area contributed by atoms with Crippen LogP contribution in [0.3, 0.4) is 0 Å². The monoisotopic (exact) mass is 218 g/mol. The number of likely N-dealkylation sites (N-methyl/N-ethyl adjacent to an activating group) is 1. The lowest BCUT2D eigenvalue weighted by Gasteiger charge is -2.38. The van der Waals surface area contributed by atoms with Crippen LogP contribution in [0.15, 0.2) is 30.3 Å². The van der Waals surface area contributed by atoms with Crippen LogP contribution in [0, 0.1) is 0 Å². The quantitative estimate of drug-likeness (QED) is 0.824. The normalized spacial score (nSPS) is 30.6. The molecule has 0 amide bonds. The van der Waals surface area contributed by atoms with Crippen molar-refractivity contribution >= 4 is 0 Å². The van der Waals surface area contributed by atoms with Crippen LogP contribution < -0.4 is 5.73 Å². The van der Waals surface area contributed by atoms with E-state index in [1.165, 1.54) is 18.4 Å². The number of hydrogen-bond donors (Lipinski definition) is 1. The van der Waals surface area contributed by atoms with Gasteiger partial charge in [-0.25, -0.2) is 0 Å². The Kier molecular flexibility index (Phi) is 3.62. The molecule has 0 aliphatic heterocycles. The van der Waals surface area contributed by atoms with Gasteiger partial charge in [0, 0.05) is 12.1 Å². The van der Waals surface area contributed by atoms with Crippen molar-refractivity contribution in [3.8, 4) is 0 Å². The molecule has 0 aromatic heterocycles. The van der Waals surface area contributed by atoms with E-state index in [1.807, 2.05) is 0 Å². The van der Waals surface area contributed by atoms with Gasteiger partial charge in [0.1, 0.15) is 0 Å². The molecule has 2 rings (SSSR count). The van der Waals surface area contributed by atoms with E-state index in [-0.39, 0.29) is 0 Å². The van der Waals surface area contributed by atoms with Crippen LogP contribution in [-0.2, 0) is 0 Å². The number of nitrogens with two attached hydrogens (primary N) is 1. The summed E-state index contributed by atoms with van der Waals surface area (Å²) in [6, 6.07) is 11.7. The highest BCUT2D eigenvalue weighted by Gasteiger charge is 2.29. The summed E-state index contributed by atoms with van der Waals surface area (Å²) in [7, 11) is 4.27. The van der Waals surface area contributed by atoms with Crippen LogP contribution in [0.5, 0.6) is 0 Å². The van der Waals surface area contributed by atoms with E-state index in [4.69, 9.17) is 5.73 Å². The minimum absolute atomic E-state index is 0.343. The molecule has 1 saturated carbocycles. The van der Waals surface area contributed by atoms with E-state index < -0.39 is 0 Å². The lowest BCUT2D eigenvalue weighted by atomic mass is 9.78. The molecular weight excluding hydrogens is 196 g/mol. The van der Waals surface area contributed by atoms with Crippen molar-refractivity contribution in [2.45, 2.75) is 37.3 Å². The predicted octanol–water partition coefficient (Wildman–Crippen LogP) is 2.21. The van der Waals surface area contributed by atoms with Crippen molar-refractivity contribution in [2.24, 2.45) is 5.73 Å². The van der Waals surface area contributed by atoms with Gasteiger partial charge < -0.3 is 10.6 Å². The molecule has 2 heteroatoms. The van der Waals surface area contributed by atoms with E-state index in [1.54, 1.807) is 0 Å². The maximum atomic E-state index is 6.18. The maximum Gasteiger partial charge on any atom is 0.0246 e. The summed E-state index contributed by atoms with van der Waals surface area (Å²) in [5, 5.41) is 0. The van der Waals surface area contributed by atoms with Gasteiger partial charge in [-0.05, 0) is 44.8 Å². The molecule has 3 atom stereocenters. The zero-order chi connectivity index (χ0) is 11.5. The highest BCUT2D eigenvalue weighted by Crippen LogP contribution is 2.33. The minimum atomic E-state index is 0.343. The van der Waals surface area contributed by atoms with E-state index in [0.717, 1.165) is 6.42 Å². The van der Waals surface area contributed by atoms with Crippen molar-refractivity contribution in [1.29, 1.82) is 0 Å². The van der Waals surface area contributed by atoms with Gasteiger partial charge in [-0.2, -0.15) is 0 Å². The zero-order valence-corrected chi connectivity index (χ0v) is 10.3. The lowest BCUT2D eigenvalue weighted by Crippen LogP contribution is -2.47. The summed E-state index contributed by atoms with van der Waals surface area (Å²) in [4.78, 5) is 2.28. The average molecular weight is 218 g/mol. The number of rotatable bonds is 2. The minimum Gasteiger partial charge on any atom is -0.326 e. The average Bonchev–Trinajstić information content (AvgIpc) is 2.30. The summed E-state index contributed by atoms with van der Waals surface area (Å²) in [5.41, 5.74) is 7.65. The number of nitrogens with zero attached hydrogens (tertiary/aromatic N) is 1. The third-order valence-corrected chi connectivity index (χ3v) is 3.80. The first-order valence-corrected chi connectivity index (χ1v) is 6.15. The molecule has 1 aromatic rings. The van der Waals surface area contributed by atoms with Gasteiger partial charge in [0.25, 0.3) is 0 Å². The Morgan fingerprint density at radius 1 is 1.12 bits per heavy atom. The molecule has 1 aromatic carbocycles. The Bertz CT molecular complexity index is 321. The van der Waals surface area contributed by atoms with Crippen molar-refractivity contribution in [2.75, 3.05) is 14.1 Å². The van der Waals surface area contributed by atoms with Gasteiger partial charge in [-0.3, -0.25) is 0 Å². The first-order valence-electron chi connectivity index (χ1n) is 6.15. The predicted molar refractivity (Wildman–Crippen MR) is 68.5 cm³/mol. The second-order valence-corrected chi connectivity index (χ2v) is 5.12. The van der Waals surface area contributed by atoms with Crippen molar-refractivity contribution in [3.05, 3.63) is 35.9 Å². The van der Waals surface area contributed by atoms with Crippen molar-refractivity contribution < 1.29 is 0 Å². The fourth-order valence-corrected chi connectivity index (χ4v) is 2.79. The third-order valence-electron chi connectivity index (χ3n) is 3.80. The first-order chi connectivity index (χ1) is 7.68. The second-order valence-electron chi connectivity index (χ2n) is 5.12. The van der Waals surface area contributed by atoms with Crippen LogP contribution in [0.25, 0.3) is 0 Å². The smallest absolute Gasteiger partial charge is 0.0246 e. The molecule has 0 saturated heterocycles. The molecule has 1 aliphatic carbocycles. The van der Waals surface area contributed by atoms with Gasteiger partial charge in [0.2, 0.25) is 0 Å². The van der Waals surface area contributed by atoms with Crippen LogP contribution >= 0.6 is 0 Å². The molecule has 0 heterocycles. The van der Waals surface area contributed by atoms with Crippen LogP contribution in [-0.4, -0.2) is 31.1 Å². The van der Waals surface area contributed by atoms with Gasteiger partial charge in [-0.15, -0.1) is 0 Å². The van der Waals surface area contributed by atoms with E-state index in [2.05, 4.69) is 49.3 Å². The Labute approximate surface area is 98.4 Å². The molecule has 2 N–H and O–H groups in total. The standard InChI is InChI=1S/C14H22N2/c1-16(2)14-10-12(8-9-13(14)15)11-6-4-3-5-7-11/h3-7,12-14H,8-10,15H2,1-2H3. The molecular formula is C14H22N2. The number of benzene rings is 1. The molecule has 0 spiro atoms. The SMILES string of the molecule is CN(C)C1CC(c2ccccc2)CCC1N. The summed E-state index contributed by atoms with van der Waals surface area (Å²) >= 11 is 0. The molecule has 16 heavy (non-hydrogen) atoms.